The third-order valence-corrected chi connectivity index (χ3v) is 3.87. The Morgan fingerprint density at radius 1 is 1.20 bits per heavy atom. The van der Waals surface area contributed by atoms with Crippen molar-refractivity contribution in [1.29, 1.82) is 0 Å². The third-order valence-electron chi connectivity index (χ3n) is 3.87. The fourth-order valence-corrected chi connectivity index (χ4v) is 3.01. The average molecular weight is 272 g/mol. The number of rotatable bonds is 2. The SMILES string of the molecule is Cc1cc(C)c2c(CN3CCNCC3)cc(=O)oc2c1. The molecule has 0 spiro atoms. The van der Waals surface area contributed by atoms with Crippen LogP contribution >= 0.6 is 0 Å². The maximum absolute atomic E-state index is 11.8. The van der Waals surface area contributed by atoms with Crippen LogP contribution in [-0.2, 0) is 6.54 Å². The molecular weight excluding hydrogens is 252 g/mol. The second kappa shape index (κ2) is 5.38. The second-order valence-corrected chi connectivity index (χ2v) is 5.57. The van der Waals surface area contributed by atoms with Crippen molar-refractivity contribution in [3.05, 3.63) is 45.3 Å². The van der Waals surface area contributed by atoms with Crippen molar-refractivity contribution < 1.29 is 4.42 Å². The van der Waals surface area contributed by atoms with Gasteiger partial charge in [0.05, 0.1) is 0 Å². The number of nitrogens with zero attached hydrogens (tertiary/aromatic N) is 1. The zero-order chi connectivity index (χ0) is 14.1. The minimum Gasteiger partial charge on any atom is -0.423 e. The van der Waals surface area contributed by atoms with E-state index < -0.39 is 0 Å². The van der Waals surface area contributed by atoms with Gasteiger partial charge in [0.25, 0.3) is 0 Å². The van der Waals surface area contributed by atoms with Crippen LogP contribution in [0.1, 0.15) is 16.7 Å². The van der Waals surface area contributed by atoms with Crippen molar-refractivity contribution in [3.63, 3.8) is 0 Å². The summed E-state index contributed by atoms with van der Waals surface area (Å²) >= 11 is 0. The molecule has 1 saturated heterocycles. The molecule has 4 heteroatoms. The summed E-state index contributed by atoms with van der Waals surface area (Å²) in [6, 6.07) is 5.74. The van der Waals surface area contributed by atoms with Crippen LogP contribution in [0.3, 0.4) is 0 Å². The van der Waals surface area contributed by atoms with Crippen molar-refractivity contribution in [3.8, 4) is 0 Å². The molecule has 1 N–H and O–H groups in total. The van der Waals surface area contributed by atoms with Gasteiger partial charge in [0.15, 0.2) is 0 Å². The molecule has 0 atom stereocenters. The van der Waals surface area contributed by atoms with Crippen LogP contribution in [0.15, 0.2) is 27.4 Å². The molecule has 1 aliphatic heterocycles. The molecule has 3 rings (SSSR count). The van der Waals surface area contributed by atoms with E-state index in [1.54, 1.807) is 6.07 Å². The van der Waals surface area contributed by atoms with E-state index in [4.69, 9.17) is 4.42 Å². The maximum atomic E-state index is 11.8. The van der Waals surface area contributed by atoms with Gasteiger partial charge in [-0.15, -0.1) is 0 Å². The molecule has 1 aliphatic rings. The van der Waals surface area contributed by atoms with E-state index in [9.17, 15) is 4.79 Å². The summed E-state index contributed by atoms with van der Waals surface area (Å²) in [5.41, 5.74) is 3.83. The molecule has 2 heterocycles. The number of piperazine rings is 1. The minimum atomic E-state index is -0.257. The quantitative estimate of drug-likeness (QED) is 0.847. The summed E-state index contributed by atoms with van der Waals surface area (Å²) < 4.78 is 5.37. The van der Waals surface area contributed by atoms with Gasteiger partial charge in [0.2, 0.25) is 0 Å². The van der Waals surface area contributed by atoms with Crippen LogP contribution in [-0.4, -0.2) is 31.1 Å². The number of hydrogen-bond acceptors (Lipinski definition) is 4. The van der Waals surface area contributed by atoms with E-state index in [1.165, 1.54) is 5.56 Å². The first-order valence-electron chi connectivity index (χ1n) is 7.10. The summed E-state index contributed by atoms with van der Waals surface area (Å²) in [6.45, 7) is 8.98. The summed E-state index contributed by atoms with van der Waals surface area (Å²) in [6.07, 6.45) is 0. The standard InChI is InChI=1S/C16H20N2O2/c1-11-7-12(2)16-13(9-15(19)20-14(16)8-11)10-18-5-3-17-4-6-18/h7-9,17H,3-6,10H2,1-2H3. The molecule has 0 aliphatic carbocycles. The molecule has 0 saturated carbocycles. The molecule has 106 valence electrons. The molecule has 0 amide bonds. The highest BCUT2D eigenvalue weighted by Crippen LogP contribution is 2.24. The van der Waals surface area contributed by atoms with Gasteiger partial charge in [-0.05, 0) is 36.6 Å². The highest BCUT2D eigenvalue weighted by atomic mass is 16.4. The average Bonchev–Trinajstić information content (AvgIpc) is 2.38. The third kappa shape index (κ3) is 2.62. The zero-order valence-electron chi connectivity index (χ0n) is 12.0. The van der Waals surface area contributed by atoms with Crippen LogP contribution in [0.2, 0.25) is 0 Å². The van der Waals surface area contributed by atoms with Crippen molar-refractivity contribution in [2.75, 3.05) is 26.2 Å². The maximum Gasteiger partial charge on any atom is 0.336 e. The number of hydrogen-bond donors (Lipinski definition) is 1. The summed E-state index contributed by atoms with van der Waals surface area (Å²) in [5, 5.41) is 4.44. The lowest BCUT2D eigenvalue weighted by Crippen LogP contribution is -2.43. The molecular formula is C16H20N2O2. The van der Waals surface area contributed by atoms with Crippen molar-refractivity contribution >= 4 is 11.0 Å². The first-order valence-corrected chi connectivity index (χ1v) is 7.10. The molecule has 2 aromatic rings. The van der Waals surface area contributed by atoms with Gasteiger partial charge < -0.3 is 9.73 Å². The van der Waals surface area contributed by atoms with Crippen LogP contribution in [0, 0.1) is 13.8 Å². The smallest absolute Gasteiger partial charge is 0.336 e. The van der Waals surface area contributed by atoms with E-state index in [2.05, 4.69) is 23.2 Å². The van der Waals surface area contributed by atoms with Gasteiger partial charge in [-0.25, -0.2) is 4.79 Å². The molecule has 1 fully saturated rings. The predicted molar refractivity (Wildman–Crippen MR) is 80.1 cm³/mol. The second-order valence-electron chi connectivity index (χ2n) is 5.57. The largest absolute Gasteiger partial charge is 0.423 e. The van der Waals surface area contributed by atoms with Crippen LogP contribution < -0.4 is 10.9 Å². The van der Waals surface area contributed by atoms with Crippen LogP contribution in [0.4, 0.5) is 0 Å². The Morgan fingerprint density at radius 3 is 2.70 bits per heavy atom. The van der Waals surface area contributed by atoms with Gasteiger partial charge in [-0.1, -0.05) is 6.07 Å². The topological polar surface area (TPSA) is 45.5 Å². The van der Waals surface area contributed by atoms with E-state index in [-0.39, 0.29) is 5.63 Å². The van der Waals surface area contributed by atoms with Crippen molar-refractivity contribution in [2.24, 2.45) is 0 Å². The molecule has 1 aromatic carbocycles. The summed E-state index contributed by atoms with van der Waals surface area (Å²) in [7, 11) is 0. The Labute approximate surface area is 118 Å². The molecule has 20 heavy (non-hydrogen) atoms. The highest BCUT2D eigenvalue weighted by Gasteiger charge is 2.14. The van der Waals surface area contributed by atoms with E-state index in [0.717, 1.165) is 49.2 Å². The van der Waals surface area contributed by atoms with E-state index in [0.29, 0.717) is 5.58 Å². The Hall–Kier alpha value is -1.65. The van der Waals surface area contributed by atoms with Gasteiger partial charge in [0, 0.05) is 44.2 Å². The zero-order valence-corrected chi connectivity index (χ0v) is 12.0. The molecule has 1 aromatic heterocycles. The number of fused-ring (bicyclic) bond motifs is 1. The lowest BCUT2D eigenvalue weighted by Gasteiger charge is -2.27. The molecule has 0 bridgehead atoms. The van der Waals surface area contributed by atoms with Crippen molar-refractivity contribution in [2.45, 2.75) is 20.4 Å². The Balaban J connectivity index is 2.06. The van der Waals surface area contributed by atoms with Gasteiger partial charge in [-0.2, -0.15) is 0 Å². The van der Waals surface area contributed by atoms with Gasteiger partial charge in [0.1, 0.15) is 5.58 Å². The lowest BCUT2D eigenvalue weighted by atomic mass is 10.0. The van der Waals surface area contributed by atoms with E-state index >= 15 is 0 Å². The molecule has 0 radical (unpaired) electrons. The Kier molecular flexibility index (Phi) is 3.59. The summed E-state index contributed by atoms with van der Waals surface area (Å²) in [5.74, 6) is 0. The number of aryl methyl sites for hydroxylation is 2. The first kappa shape index (κ1) is 13.3. The van der Waals surface area contributed by atoms with Crippen LogP contribution in [0.25, 0.3) is 11.0 Å². The normalized spacial score (nSPS) is 16.7. The molecule has 4 nitrogen and oxygen atoms in total. The van der Waals surface area contributed by atoms with Crippen LogP contribution in [0.5, 0.6) is 0 Å². The number of nitrogens with one attached hydrogen (secondary N) is 1. The lowest BCUT2D eigenvalue weighted by molar-refractivity contribution is 0.233. The fourth-order valence-electron chi connectivity index (χ4n) is 3.01. The molecule has 0 unspecified atom stereocenters. The van der Waals surface area contributed by atoms with E-state index in [1.807, 2.05) is 13.0 Å². The number of benzene rings is 1. The van der Waals surface area contributed by atoms with Gasteiger partial charge in [-0.3, -0.25) is 4.90 Å². The monoisotopic (exact) mass is 272 g/mol. The Bertz CT molecular complexity index is 685. The highest BCUT2D eigenvalue weighted by molar-refractivity contribution is 5.84. The minimum absolute atomic E-state index is 0.257. The summed E-state index contributed by atoms with van der Waals surface area (Å²) in [4.78, 5) is 14.1. The van der Waals surface area contributed by atoms with Crippen molar-refractivity contribution in [1.82, 2.24) is 10.2 Å². The first-order chi connectivity index (χ1) is 9.63. The fraction of sp³-hybridized carbons (Fsp3) is 0.438. The predicted octanol–water partition coefficient (Wildman–Crippen LogP) is 1.82. The Morgan fingerprint density at radius 2 is 1.95 bits per heavy atom. The van der Waals surface area contributed by atoms with Gasteiger partial charge >= 0.3 is 5.63 Å².